The Kier molecular flexibility index (Phi) is 5.87. The molecular weight excluding hydrogens is 316 g/mol. The lowest BCUT2D eigenvalue weighted by molar-refractivity contribution is 0.323. The van der Waals surface area contributed by atoms with E-state index in [1.807, 2.05) is 24.3 Å². The minimum Gasteiger partial charge on any atom is -0.497 e. The largest absolute Gasteiger partial charge is 0.497 e. The fourth-order valence-electron chi connectivity index (χ4n) is 2.14. The Hall–Kier alpha value is -2.21. The summed E-state index contributed by atoms with van der Waals surface area (Å²) in [5.41, 5.74) is 0.956. The first-order chi connectivity index (χ1) is 11.1. The third-order valence-corrected chi connectivity index (χ3v) is 4.71. The molecule has 0 aliphatic rings. The molecule has 0 spiro atoms. The fourth-order valence-corrected chi connectivity index (χ4v) is 3.28. The van der Waals surface area contributed by atoms with Crippen LogP contribution in [-0.4, -0.2) is 32.6 Å². The average molecular weight is 336 g/mol. The van der Waals surface area contributed by atoms with E-state index in [9.17, 15) is 4.21 Å². The molecule has 1 atom stereocenters. The van der Waals surface area contributed by atoms with Crippen molar-refractivity contribution < 1.29 is 23.2 Å². The van der Waals surface area contributed by atoms with Gasteiger partial charge in [-0.2, -0.15) is 0 Å². The molecule has 2 aromatic rings. The molecule has 6 heteroatoms. The fraction of sp³-hybridized carbons (Fsp3) is 0.294. The van der Waals surface area contributed by atoms with E-state index < -0.39 is 10.8 Å². The molecule has 0 saturated carbocycles. The van der Waals surface area contributed by atoms with Gasteiger partial charge in [-0.1, -0.05) is 12.1 Å². The van der Waals surface area contributed by atoms with Gasteiger partial charge >= 0.3 is 0 Å². The van der Waals surface area contributed by atoms with E-state index >= 15 is 0 Å². The molecule has 0 amide bonds. The van der Waals surface area contributed by atoms with E-state index in [2.05, 4.69) is 0 Å². The molecular formula is C17H20O5S. The summed E-state index contributed by atoms with van der Waals surface area (Å²) in [6.07, 6.45) is 0. The van der Waals surface area contributed by atoms with Gasteiger partial charge in [0, 0.05) is 17.0 Å². The maximum Gasteiger partial charge on any atom is 0.203 e. The topological polar surface area (TPSA) is 54.0 Å². The molecule has 2 rings (SSSR count). The molecule has 23 heavy (non-hydrogen) atoms. The number of hydrogen-bond acceptors (Lipinski definition) is 5. The first-order valence-electron chi connectivity index (χ1n) is 6.94. The average Bonchev–Trinajstić information content (AvgIpc) is 2.60. The molecule has 124 valence electrons. The van der Waals surface area contributed by atoms with Crippen molar-refractivity contribution in [1.29, 1.82) is 0 Å². The lowest BCUT2D eigenvalue weighted by Gasteiger charge is -2.14. The Labute approximate surface area is 138 Å². The van der Waals surface area contributed by atoms with Crippen LogP contribution in [0.5, 0.6) is 23.0 Å². The lowest BCUT2D eigenvalue weighted by atomic mass is 10.2. The van der Waals surface area contributed by atoms with Gasteiger partial charge in [-0.25, -0.2) is 0 Å². The highest BCUT2D eigenvalue weighted by molar-refractivity contribution is 7.84. The number of rotatable bonds is 7. The standard InChI is InChI=1S/C17H20O5S/c1-19-13-7-5-12(6-8-13)11-23(18)14-9-15(20-2)17(22-4)16(10-14)21-3/h5-10H,11H2,1-4H3. The normalized spacial score (nSPS) is 11.7. The van der Waals surface area contributed by atoms with Crippen molar-refractivity contribution in [3.63, 3.8) is 0 Å². The van der Waals surface area contributed by atoms with Crippen molar-refractivity contribution in [2.75, 3.05) is 28.4 Å². The van der Waals surface area contributed by atoms with Crippen LogP contribution in [0, 0.1) is 0 Å². The van der Waals surface area contributed by atoms with Gasteiger partial charge in [0.2, 0.25) is 5.75 Å². The number of methoxy groups -OCH3 is 4. The van der Waals surface area contributed by atoms with Gasteiger partial charge in [-0.3, -0.25) is 4.21 Å². The van der Waals surface area contributed by atoms with Crippen LogP contribution >= 0.6 is 0 Å². The minimum atomic E-state index is -1.23. The predicted molar refractivity (Wildman–Crippen MR) is 89.2 cm³/mol. The molecule has 0 saturated heterocycles. The second-order valence-corrected chi connectivity index (χ2v) is 6.15. The first-order valence-corrected chi connectivity index (χ1v) is 8.26. The maximum absolute atomic E-state index is 12.6. The van der Waals surface area contributed by atoms with E-state index in [-0.39, 0.29) is 0 Å². The van der Waals surface area contributed by atoms with E-state index in [0.717, 1.165) is 11.3 Å². The van der Waals surface area contributed by atoms with Crippen molar-refractivity contribution in [3.8, 4) is 23.0 Å². The van der Waals surface area contributed by atoms with Crippen LogP contribution in [0.2, 0.25) is 0 Å². The SMILES string of the molecule is COc1ccc(CS(=O)c2cc(OC)c(OC)c(OC)c2)cc1. The second kappa shape index (κ2) is 7.87. The smallest absolute Gasteiger partial charge is 0.203 e. The van der Waals surface area contributed by atoms with E-state index in [1.54, 1.807) is 19.2 Å². The molecule has 5 nitrogen and oxygen atoms in total. The Morgan fingerprint density at radius 2 is 1.39 bits per heavy atom. The second-order valence-electron chi connectivity index (χ2n) is 4.70. The number of benzene rings is 2. The zero-order chi connectivity index (χ0) is 16.8. The van der Waals surface area contributed by atoms with Crippen molar-refractivity contribution in [2.45, 2.75) is 10.6 Å². The zero-order valence-electron chi connectivity index (χ0n) is 13.6. The Bertz CT molecular complexity index is 657. The Balaban J connectivity index is 2.27. The Morgan fingerprint density at radius 3 is 1.83 bits per heavy atom. The van der Waals surface area contributed by atoms with E-state index in [0.29, 0.717) is 27.9 Å². The summed E-state index contributed by atoms with van der Waals surface area (Å²) in [5, 5.41) is 0. The van der Waals surface area contributed by atoms with Crippen LogP contribution in [0.1, 0.15) is 5.56 Å². The molecule has 2 aromatic carbocycles. The summed E-state index contributed by atoms with van der Waals surface area (Å²) in [6.45, 7) is 0. The summed E-state index contributed by atoms with van der Waals surface area (Å²) in [6, 6.07) is 10.9. The van der Waals surface area contributed by atoms with Crippen LogP contribution in [0.25, 0.3) is 0 Å². The molecule has 0 N–H and O–H groups in total. The van der Waals surface area contributed by atoms with Crippen LogP contribution in [0.4, 0.5) is 0 Å². The van der Waals surface area contributed by atoms with Gasteiger partial charge in [-0.05, 0) is 17.7 Å². The highest BCUT2D eigenvalue weighted by atomic mass is 32.2. The molecule has 0 aliphatic carbocycles. The zero-order valence-corrected chi connectivity index (χ0v) is 14.4. The van der Waals surface area contributed by atoms with Crippen LogP contribution in [-0.2, 0) is 16.6 Å². The van der Waals surface area contributed by atoms with Gasteiger partial charge in [0.1, 0.15) is 5.75 Å². The van der Waals surface area contributed by atoms with Crippen LogP contribution in [0.3, 0.4) is 0 Å². The van der Waals surface area contributed by atoms with Crippen molar-refractivity contribution in [3.05, 3.63) is 42.0 Å². The minimum absolute atomic E-state index is 0.391. The van der Waals surface area contributed by atoms with Gasteiger partial charge in [0.05, 0.1) is 45.0 Å². The quantitative estimate of drug-likeness (QED) is 0.778. The molecule has 0 fully saturated rings. The molecule has 0 radical (unpaired) electrons. The van der Waals surface area contributed by atoms with Crippen LogP contribution < -0.4 is 18.9 Å². The predicted octanol–water partition coefficient (Wildman–Crippen LogP) is 3.03. The number of hydrogen-bond donors (Lipinski definition) is 0. The monoisotopic (exact) mass is 336 g/mol. The number of ether oxygens (including phenoxy) is 4. The molecule has 1 unspecified atom stereocenters. The van der Waals surface area contributed by atoms with E-state index in [4.69, 9.17) is 18.9 Å². The van der Waals surface area contributed by atoms with Gasteiger partial charge in [-0.15, -0.1) is 0 Å². The molecule has 0 bridgehead atoms. The highest BCUT2D eigenvalue weighted by Gasteiger charge is 2.16. The summed E-state index contributed by atoms with van der Waals surface area (Å²) in [4.78, 5) is 0.621. The van der Waals surface area contributed by atoms with Gasteiger partial charge < -0.3 is 18.9 Å². The van der Waals surface area contributed by atoms with Crippen molar-refractivity contribution >= 4 is 10.8 Å². The van der Waals surface area contributed by atoms with E-state index in [1.165, 1.54) is 21.3 Å². The summed E-state index contributed by atoms with van der Waals surface area (Å²) in [7, 11) is 4.99. The maximum atomic E-state index is 12.6. The van der Waals surface area contributed by atoms with Crippen molar-refractivity contribution in [1.82, 2.24) is 0 Å². The lowest BCUT2D eigenvalue weighted by Crippen LogP contribution is -2.01. The summed E-state index contributed by atoms with van der Waals surface area (Å²) < 4.78 is 33.6. The third kappa shape index (κ3) is 3.96. The van der Waals surface area contributed by atoms with Gasteiger partial charge in [0.25, 0.3) is 0 Å². The summed E-state index contributed by atoms with van der Waals surface area (Å²) >= 11 is 0. The van der Waals surface area contributed by atoms with Crippen molar-refractivity contribution in [2.24, 2.45) is 0 Å². The first kappa shape index (κ1) is 17.1. The van der Waals surface area contributed by atoms with Crippen LogP contribution in [0.15, 0.2) is 41.3 Å². The van der Waals surface area contributed by atoms with Gasteiger partial charge in [0.15, 0.2) is 11.5 Å². The summed E-state index contributed by atoms with van der Waals surface area (Å²) in [5.74, 6) is 2.63. The Morgan fingerprint density at radius 1 is 0.826 bits per heavy atom. The highest BCUT2D eigenvalue weighted by Crippen LogP contribution is 2.39. The molecule has 0 aromatic heterocycles. The molecule has 0 aliphatic heterocycles. The third-order valence-electron chi connectivity index (χ3n) is 3.36. The molecule has 0 heterocycles.